The highest BCUT2D eigenvalue weighted by Gasteiger charge is 2.35. The van der Waals surface area contributed by atoms with Gasteiger partial charge in [0.1, 0.15) is 0 Å². The number of nitrogens with zero attached hydrogens (tertiary/aromatic N) is 1. The largest absolute Gasteiger partial charge is 0.198 e. The van der Waals surface area contributed by atoms with Crippen molar-refractivity contribution in [3.63, 3.8) is 0 Å². The summed E-state index contributed by atoms with van der Waals surface area (Å²) in [5, 5.41) is 8.87. The zero-order valence-electron chi connectivity index (χ0n) is 7.35. The van der Waals surface area contributed by atoms with Gasteiger partial charge in [0.2, 0.25) is 0 Å². The number of nitriles is 1. The number of hydrogen-bond donors (Lipinski definition) is 0. The van der Waals surface area contributed by atoms with Crippen molar-refractivity contribution in [3.8, 4) is 6.07 Å². The van der Waals surface area contributed by atoms with E-state index in [9.17, 15) is 0 Å². The summed E-state index contributed by atoms with van der Waals surface area (Å²) in [5.41, 5.74) is 1.35. The van der Waals surface area contributed by atoms with E-state index in [1.54, 1.807) is 0 Å². The van der Waals surface area contributed by atoms with Crippen molar-refractivity contribution in [2.75, 3.05) is 0 Å². The minimum Gasteiger partial charge on any atom is -0.198 e. The first kappa shape index (κ1) is 8.33. The van der Waals surface area contributed by atoms with E-state index in [-0.39, 0.29) is 5.41 Å². The van der Waals surface area contributed by atoms with Gasteiger partial charge in [0.25, 0.3) is 0 Å². The number of allylic oxidation sites excluding steroid dienone is 2. The molecule has 1 aliphatic carbocycles. The van der Waals surface area contributed by atoms with Crippen LogP contribution in [0.4, 0.5) is 0 Å². The van der Waals surface area contributed by atoms with Gasteiger partial charge in [-0.3, -0.25) is 0 Å². The Labute approximate surface area is 68.7 Å². The van der Waals surface area contributed by atoms with Gasteiger partial charge < -0.3 is 0 Å². The van der Waals surface area contributed by atoms with Crippen LogP contribution in [0.3, 0.4) is 0 Å². The molecule has 0 saturated heterocycles. The number of hydrogen-bond acceptors (Lipinski definition) is 1. The van der Waals surface area contributed by atoms with Crippen molar-refractivity contribution in [3.05, 3.63) is 11.6 Å². The van der Waals surface area contributed by atoms with E-state index in [1.807, 2.05) is 0 Å². The standard InChI is InChI=1S/C10H15N/c1-9(2)4-7-10(8-11)5-3-6-10/h4H,3,5-7H2,1-2H3. The summed E-state index contributed by atoms with van der Waals surface area (Å²) in [6.45, 7) is 4.17. The van der Waals surface area contributed by atoms with Crippen LogP contribution in [0, 0.1) is 16.7 Å². The van der Waals surface area contributed by atoms with Crippen LogP contribution in [0.2, 0.25) is 0 Å². The normalized spacial score (nSPS) is 19.7. The quantitative estimate of drug-likeness (QED) is 0.553. The molecule has 0 aromatic rings. The molecule has 11 heavy (non-hydrogen) atoms. The van der Waals surface area contributed by atoms with Gasteiger partial charge in [-0.1, -0.05) is 18.1 Å². The lowest BCUT2D eigenvalue weighted by molar-refractivity contribution is 0.218. The lowest BCUT2D eigenvalue weighted by Gasteiger charge is -2.34. The summed E-state index contributed by atoms with van der Waals surface area (Å²) in [6, 6.07) is 2.43. The van der Waals surface area contributed by atoms with Crippen LogP contribution < -0.4 is 0 Å². The molecule has 1 rings (SSSR count). The first-order valence-corrected chi connectivity index (χ1v) is 4.23. The topological polar surface area (TPSA) is 23.8 Å². The summed E-state index contributed by atoms with van der Waals surface area (Å²) < 4.78 is 0. The van der Waals surface area contributed by atoms with Crippen molar-refractivity contribution < 1.29 is 0 Å². The highest BCUT2D eigenvalue weighted by atomic mass is 14.4. The summed E-state index contributed by atoms with van der Waals surface area (Å²) in [4.78, 5) is 0. The fourth-order valence-corrected chi connectivity index (χ4v) is 1.36. The molecule has 0 atom stereocenters. The second-order valence-electron chi connectivity index (χ2n) is 3.73. The van der Waals surface area contributed by atoms with Crippen LogP contribution in [0.5, 0.6) is 0 Å². The maximum Gasteiger partial charge on any atom is 0.0693 e. The van der Waals surface area contributed by atoms with Gasteiger partial charge in [-0.2, -0.15) is 5.26 Å². The van der Waals surface area contributed by atoms with E-state index in [2.05, 4.69) is 26.0 Å². The Hall–Kier alpha value is -0.770. The molecule has 0 aromatic heterocycles. The van der Waals surface area contributed by atoms with Crippen LogP contribution in [0.1, 0.15) is 39.5 Å². The van der Waals surface area contributed by atoms with Crippen molar-refractivity contribution in [1.29, 1.82) is 5.26 Å². The second kappa shape index (κ2) is 3.09. The van der Waals surface area contributed by atoms with E-state index in [4.69, 9.17) is 5.26 Å². The van der Waals surface area contributed by atoms with Gasteiger partial charge in [0.15, 0.2) is 0 Å². The van der Waals surface area contributed by atoms with Crippen molar-refractivity contribution in [1.82, 2.24) is 0 Å². The predicted octanol–water partition coefficient (Wildman–Crippen LogP) is 3.04. The van der Waals surface area contributed by atoms with E-state index >= 15 is 0 Å². The zero-order valence-corrected chi connectivity index (χ0v) is 7.35. The monoisotopic (exact) mass is 149 g/mol. The summed E-state index contributed by atoms with van der Waals surface area (Å²) >= 11 is 0. The third-order valence-electron chi connectivity index (χ3n) is 2.45. The van der Waals surface area contributed by atoms with Gasteiger partial charge in [0.05, 0.1) is 11.5 Å². The molecule has 1 nitrogen and oxygen atoms in total. The molecule has 0 radical (unpaired) electrons. The van der Waals surface area contributed by atoms with Gasteiger partial charge in [-0.25, -0.2) is 0 Å². The fourth-order valence-electron chi connectivity index (χ4n) is 1.36. The van der Waals surface area contributed by atoms with Gasteiger partial charge in [0, 0.05) is 0 Å². The summed E-state index contributed by atoms with van der Waals surface area (Å²) in [7, 11) is 0. The molecule has 0 amide bonds. The maximum absolute atomic E-state index is 8.87. The van der Waals surface area contributed by atoms with E-state index < -0.39 is 0 Å². The van der Waals surface area contributed by atoms with Crippen molar-refractivity contribution in [2.45, 2.75) is 39.5 Å². The summed E-state index contributed by atoms with van der Waals surface area (Å²) in [6.07, 6.45) is 6.60. The molecule has 60 valence electrons. The Morgan fingerprint density at radius 1 is 1.55 bits per heavy atom. The molecule has 0 aliphatic heterocycles. The Bertz CT molecular complexity index is 199. The smallest absolute Gasteiger partial charge is 0.0693 e. The lowest BCUT2D eigenvalue weighted by Crippen LogP contribution is -2.26. The summed E-state index contributed by atoms with van der Waals surface area (Å²) in [5.74, 6) is 0. The third-order valence-corrected chi connectivity index (χ3v) is 2.45. The zero-order chi connectivity index (χ0) is 8.32. The minimum absolute atomic E-state index is 0.0251. The Morgan fingerprint density at radius 2 is 2.18 bits per heavy atom. The van der Waals surface area contributed by atoms with Crippen molar-refractivity contribution >= 4 is 0 Å². The van der Waals surface area contributed by atoms with E-state index in [0.29, 0.717) is 0 Å². The molecular weight excluding hydrogens is 134 g/mol. The molecule has 0 spiro atoms. The molecule has 1 aliphatic rings. The fraction of sp³-hybridized carbons (Fsp3) is 0.700. The van der Waals surface area contributed by atoms with Crippen LogP contribution >= 0.6 is 0 Å². The first-order chi connectivity index (χ1) is 5.18. The minimum atomic E-state index is 0.0251. The van der Waals surface area contributed by atoms with Crippen LogP contribution in [0.15, 0.2) is 11.6 Å². The molecule has 1 saturated carbocycles. The van der Waals surface area contributed by atoms with E-state index in [1.165, 1.54) is 12.0 Å². The highest BCUT2D eigenvalue weighted by Crippen LogP contribution is 2.43. The van der Waals surface area contributed by atoms with Crippen LogP contribution in [-0.4, -0.2) is 0 Å². The number of rotatable bonds is 2. The molecule has 0 heterocycles. The van der Waals surface area contributed by atoms with Crippen LogP contribution in [-0.2, 0) is 0 Å². The average Bonchev–Trinajstić information content (AvgIpc) is 1.86. The Balaban J connectivity index is 2.47. The lowest BCUT2D eigenvalue weighted by atomic mass is 9.68. The molecule has 0 aromatic carbocycles. The van der Waals surface area contributed by atoms with Crippen molar-refractivity contribution in [2.24, 2.45) is 5.41 Å². The van der Waals surface area contributed by atoms with Gasteiger partial charge in [-0.05, 0) is 33.1 Å². The van der Waals surface area contributed by atoms with Gasteiger partial charge in [-0.15, -0.1) is 0 Å². The third kappa shape index (κ3) is 1.83. The molecule has 1 heteroatoms. The first-order valence-electron chi connectivity index (χ1n) is 4.23. The predicted molar refractivity (Wildman–Crippen MR) is 45.9 cm³/mol. The molecule has 0 bridgehead atoms. The average molecular weight is 149 g/mol. The highest BCUT2D eigenvalue weighted by molar-refractivity contribution is 5.10. The maximum atomic E-state index is 8.87. The van der Waals surface area contributed by atoms with E-state index in [0.717, 1.165) is 19.3 Å². The second-order valence-corrected chi connectivity index (χ2v) is 3.73. The molecule has 1 fully saturated rings. The Kier molecular flexibility index (Phi) is 2.34. The molecule has 0 unspecified atom stereocenters. The van der Waals surface area contributed by atoms with Crippen LogP contribution in [0.25, 0.3) is 0 Å². The Morgan fingerprint density at radius 3 is 2.45 bits per heavy atom. The molecule has 0 N–H and O–H groups in total. The molecular formula is C10H15N. The van der Waals surface area contributed by atoms with Gasteiger partial charge >= 0.3 is 0 Å². The SMILES string of the molecule is CC(C)=CCC1(C#N)CCC1.